The van der Waals surface area contributed by atoms with Crippen molar-refractivity contribution in [2.75, 3.05) is 13.1 Å². The highest BCUT2D eigenvalue weighted by atomic mass is 79.9. The molecule has 3 nitrogen and oxygen atoms in total. The van der Waals surface area contributed by atoms with Crippen LogP contribution >= 0.6 is 15.9 Å². The van der Waals surface area contributed by atoms with E-state index >= 15 is 0 Å². The molecule has 0 fully saturated rings. The van der Waals surface area contributed by atoms with Crippen LogP contribution in [-0.4, -0.2) is 22.6 Å². The van der Waals surface area contributed by atoms with Crippen molar-refractivity contribution in [2.24, 2.45) is 0 Å². The van der Waals surface area contributed by atoms with Gasteiger partial charge in [-0.25, -0.2) is 4.98 Å². The normalized spacial score (nSPS) is 10.7. The van der Waals surface area contributed by atoms with E-state index in [9.17, 15) is 0 Å². The smallest absolute Gasteiger partial charge is 0.0951 e. The van der Waals surface area contributed by atoms with E-state index in [-0.39, 0.29) is 0 Å². The van der Waals surface area contributed by atoms with Crippen LogP contribution in [0, 0.1) is 0 Å². The third kappa shape index (κ3) is 2.96. The van der Waals surface area contributed by atoms with Crippen LogP contribution in [0.2, 0.25) is 0 Å². The van der Waals surface area contributed by atoms with Crippen LogP contribution in [-0.2, 0) is 6.54 Å². The molecule has 1 aromatic heterocycles. The lowest BCUT2D eigenvalue weighted by Crippen LogP contribution is -2.19. The first-order chi connectivity index (χ1) is 8.33. The molecule has 1 N–H and O–H groups in total. The summed E-state index contributed by atoms with van der Waals surface area (Å²) in [5.41, 5.74) is 2.33. The number of hydrogen-bond acceptors (Lipinski definition) is 2. The summed E-state index contributed by atoms with van der Waals surface area (Å²) in [4.78, 5) is 4.23. The number of halogens is 1. The molecular formula is C13H16BrN3. The van der Waals surface area contributed by atoms with Crippen LogP contribution in [0.25, 0.3) is 11.3 Å². The fourth-order valence-corrected chi connectivity index (χ4v) is 2.26. The van der Waals surface area contributed by atoms with E-state index < -0.39 is 0 Å². The van der Waals surface area contributed by atoms with Gasteiger partial charge >= 0.3 is 0 Å². The van der Waals surface area contributed by atoms with E-state index in [0.29, 0.717) is 0 Å². The molecule has 1 heterocycles. The molecule has 0 aliphatic heterocycles. The maximum Gasteiger partial charge on any atom is 0.0951 e. The minimum absolute atomic E-state index is 0.935. The van der Waals surface area contributed by atoms with Crippen LogP contribution in [0.3, 0.4) is 0 Å². The molecule has 0 aliphatic rings. The summed E-state index contributed by atoms with van der Waals surface area (Å²) in [6.45, 7) is 5.01. The van der Waals surface area contributed by atoms with Gasteiger partial charge in [-0.3, -0.25) is 0 Å². The van der Waals surface area contributed by atoms with Crippen molar-refractivity contribution in [3.63, 3.8) is 0 Å². The van der Waals surface area contributed by atoms with Crippen LogP contribution in [0.15, 0.2) is 41.3 Å². The molecule has 17 heavy (non-hydrogen) atoms. The number of likely N-dealkylation sites (N-methyl/N-ethyl adjacent to an activating group) is 1. The van der Waals surface area contributed by atoms with Crippen LogP contribution in [0.1, 0.15) is 6.92 Å². The average molecular weight is 294 g/mol. The zero-order chi connectivity index (χ0) is 12.1. The number of rotatable bonds is 5. The maximum absolute atomic E-state index is 4.23. The van der Waals surface area contributed by atoms with Crippen molar-refractivity contribution < 1.29 is 0 Å². The van der Waals surface area contributed by atoms with Gasteiger partial charge in [0.25, 0.3) is 0 Å². The molecule has 1 aromatic carbocycles. The Balaban J connectivity index is 2.22. The lowest BCUT2D eigenvalue weighted by Gasteiger charge is -2.09. The van der Waals surface area contributed by atoms with Gasteiger partial charge in [-0.2, -0.15) is 0 Å². The number of nitrogens with zero attached hydrogens (tertiary/aromatic N) is 2. The second-order valence-corrected chi connectivity index (χ2v) is 4.66. The molecule has 2 aromatic rings. The minimum atomic E-state index is 0.935. The molecular weight excluding hydrogens is 278 g/mol. The van der Waals surface area contributed by atoms with E-state index in [1.807, 2.05) is 24.7 Å². The Hall–Kier alpha value is -1.13. The number of imidazole rings is 1. The molecule has 0 bridgehead atoms. The Morgan fingerprint density at radius 2 is 2.18 bits per heavy atom. The predicted molar refractivity (Wildman–Crippen MR) is 73.9 cm³/mol. The van der Waals surface area contributed by atoms with Gasteiger partial charge in [-0.1, -0.05) is 41.1 Å². The highest BCUT2D eigenvalue weighted by Gasteiger charge is 2.07. The van der Waals surface area contributed by atoms with Gasteiger partial charge in [0.15, 0.2) is 0 Å². The van der Waals surface area contributed by atoms with Crippen molar-refractivity contribution in [1.29, 1.82) is 0 Å². The topological polar surface area (TPSA) is 29.9 Å². The summed E-state index contributed by atoms with van der Waals surface area (Å²) in [5, 5.41) is 3.32. The molecule has 2 rings (SSSR count). The number of hydrogen-bond donors (Lipinski definition) is 1. The Morgan fingerprint density at radius 1 is 1.35 bits per heavy atom. The lowest BCUT2D eigenvalue weighted by molar-refractivity contribution is 0.616. The zero-order valence-corrected chi connectivity index (χ0v) is 11.4. The number of aromatic nitrogens is 2. The summed E-state index contributed by atoms with van der Waals surface area (Å²) < 4.78 is 3.27. The second-order valence-electron chi connectivity index (χ2n) is 3.81. The fourth-order valence-electron chi connectivity index (χ4n) is 1.77. The fraction of sp³-hybridized carbons (Fsp3) is 0.308. The summed E-state index contributed by atoms with van der Waals surface area (Å²) in [6, 6.07) is 8.22. The molecule has 0 saturated heterocycles. The first kappa shape index (κ1) is 12.3. The monoisotopic (exact) mass is 293 g/mol. The van der Waals surface area contributed by atoms with Crippen molar-refractivity contribution in [3.8, 4) is 11.3 Å². The molecule has 0 aliphatic carbocycles. The molecule has 90 valence electrons. The van der Waals surface area contributed by atoms with Crippen molar-refractivity contribution in [3.05, 3.63) is 41.3 Å². The largest absolute Gasteiger partial charge is 0.329 e. The third-order valence-electron chi connectivity index (χ3n) is 2.64. The Labute approximate surface area is 110 Å². The first-order valence-electron chi connectivity index (χ1n) is 5.78. The summed E-state index contributed by atoms with van der Waals surface area (Å²) in [6.07, 6.45) is 3.79. The molecule has 0 atom stereocenters. The quantitative estimate of drug-likeness (QED) is 0.859. The van der Waals surface area contributed by atoms with Crippen LogP contribution in [0.4, 0.5) is 0 Å². The zero-order valence-electron chi connectivity index (χ0n) is 9.86. The lowest BCUT2D eigenvalue weighted by atomic mass is 10.2. The van der Waals surface area contributed by atoms with Gasteiger partial charge in [0.05, 0.1) is 18.2 Å². The summed E-state index contributed by atoms with van der Waals surface area (Å²) >= 11 is 3.58. The predicted octanol–water partition coefficient (Wildman–Crippen LogP) is 2.92. The highest BCUT2D eigenvalue weighted by Crippen LogP contribution is 2.27. The van der Waals surface area contributed by atoms with Gasteiger partial charge in [-0.05, 0) is 12.6 Å². The van der Waals surface area contributed by atoms with E-state index in [1.54, 1.807) is 0 Å². The SMILES string of the molecule is CCNCCn1cncc1-c1ccccc1Br. The standard InChI is InChI=1S/C13H16BrN3/c1-2-15-7-8-17-10-16-9-13(17)11-5-3-4-6-12(11)14/h3-6,9-10,15H,2,7-8H2,1H3. The number of nitrogens with one attached hydrogen (secondary N) is 1. The first-order valence-corrected chi connectivity index (χ1v) is 6.58. The second kappa shape index (κ2) is 5.98. The molecule has 0 unspecified atom stereocenters. The molecule has 0 spiro atoms. The van der Waals surface area contributed by atoms with Gasteiger partial charge in [0.1, 0.15) is 0 Å². The van der Waals surface area contributed by atoms with Gasteiger partial charge in [0, 0.05) is 23.1 Å². The van der Waals surface area contributed by atoms with E-state index in [2.05, 4.69) is 49.9 Å². The molecule has 0 radical (unpaired) electrons. The van der Waals surface area contributed by atoms with Crippen molar-refractivity contribution in [1.82, 2.24) is 14.9 Å². The van der Waals surface area contributed by atoms with Crippen LogP contribution in [0.5, 0.6) is 0 Å². The van der Waals surface area contributed by atoms with Gasteiger partial charge in [-0.15, -0.1) is 0 Å². The number of benzene rings is 1. The average Bonchev–Trinajstić information content (AvgIpc) is 2.78. The maximum atomic E-state index is 4.23. The Kier molecular flexibility index (Phi) is 4.34. The van der Waals surface area contributed by atoms with Crippen molar-refractivity contribution >= 4 is 15.9 Å². The van der Waals surface area contributed by atoms with Gasteiger partial charge in [0.2, 0.25) is 0 Å². The van der Waals surface area contributed by atoms with E-state index in [4.69, 9.17) is 0 Å². The summed E-state index contributed by atoms with van der Waals surface area (Å²) in [7, 11) is 0. The summed E-state index contributed by atoms with van der Waals surface area (Å²) in [5.74, 6) is 0. The molecule has 0 amide bonds. The van der Waals surface area contributed by atoms with E-state index in [0.717, 1.165) is 29.8 Å². The third-order valence-corrected chi connectivity index (χ3v) is 3.33. The highest BCUT2D eigenvalue weighted by molar-refractivity contribution is 9.10. The molecule has 0 saturated carbocycles. The van der Waals surface area contributed by atoms with Crippen molar-refractivity contribution in [2.45, 2.75) is 13.5 Å². The Bertz CT molecular complexity index is 479. The van der Waals surface area contributed by atoms with E-state index in [1.165, 1.54) is 5.56 Å². The Morgan fingerprint density at radius 3 is 2.94 bits per heavy atom. The molecule has 4 heteroatoms. The van der Waals surface area contributed by atoms with Crippen LogP contribution < -0.4 is 5.32 Å². The van der Waals surface area contributed by atoms with Gasteiger partial charge < -0.3 is 9.88 Å². The minimum Gasteiger partial charge on any atom is -0.329 e.